The van der Waals surface area contributed by atoms with Crippen LogP contribution in [0.2, 0.25) is 0 Å². The molecule has 1 unspecified atom stereocenters. The van der Waals surface area contributed by atoms with E-state index in [1.807, 2.05) is 29.2 Å². The molecule has 0 N–H and O–H groups in total. The highest BCUT2D eigenvalue weighted by Gasteiger charge is 2.48. The topological polar surface area (TPSA) is 36.0 Å². The molecule has 3 rings (SSSR count). The first kappa shape index (κ1) is 23.7. The monoisotopic (exact) mass is 467 g/mol. The number of carbonyl (C=O) groups excluding carboxylic acids is 1. The minimum Gasteiger partial charge on any atom is -0.383 e. The largest absolute Gasteiger partial charge is 0.383 e. The number of hydrogen-bond donors (Lipinski definition) is 0. The Morgan fingerprint density at radius 3 is 2.46 bits per heavy atom. The number of amides is 1. The van der Waals surface area contributed by atoms with Gasteiger partial charge in [0.25, 0.3) is 0 Å². The van der Waals surface area contributed by atoms with Crippen LogP contribution < -0.4 is 4.90 Å². The summed E-state index contributed by atoms with van der Waals surface area (Å²) in [6, 6.07) is 8.00. The van der Waals surface area contributed by atoms with Gasteiger partial charge in [-0.25, -0.2) is 0 Å². The van der Waals surface area contributed by atoms with Crippen LogP contribution in [0.3, 0.4) is 0 Å². The summed E-state index contributed by atoms with van der Waals surface area (Å²) in [5.41, 5.74) is 0.604. The van der Waals surface area contributed by atoms with E-state index in [1.165, 1.54) is 0 Å². The van der Waals surface area contributed by atoms with Gasteiger partial charge in [-0.2, -0.15) is 0 Å². The summed E-state index contributed by atoms with van der Waals surface area (Å²) in [7, 11) is 1.74. The van der Waals surface area contributed by atoms with Crippen molar-refractivity contribution in [2.75, 3.05) is 57.9 Å². The third-order valence-electron chi connectivity index (χ3n) is 5.33. The standard InChI is InChI=1S/C18H26BrN3O2.2ClH/c1-18(21-10-8-20(9-11-21)12-13-24-2)6-7-22(17(18)23)16-5-3-4-15(19)14-16;;/h3-5,14H,6-13H2,1-2H3;2*1H. The quantitative estimate of drug-likeness (QED) is 0.665. The van der Waals surface area contributed by atoms with Crippen molar-refractivity contribution in [3.8, 4) is 0 Å². The van der Waals surface area contributed by atoms with Crippen LogP contribution in [0.5, 0.6) is 0 Å². The van der Waals surface area contributed by atoms with E-state index in [0.717, 1.165) is 62.5 Å². The van der Waals surface area contributed by atoms with Crippen molar-refractivity contribution in [2.45, 2.75) is 18.9 Å². The molecular formula is C18H28BrCl2N3O2. The molecule has 5 nitrogen and oxygen atoms in total. The Kier molecular flexibility index (Phi) is 9.33. The molecule has 2 aliphatic heterocycles. The van der Waals surface area contributed by atoms with E-state index in [2.05, 4.69) is 32.7 Å². The number of hydrogen-bond acceptors (Lipinski definition) is 4. The molecule has 1 aromatic rings. The minimum absolute atomic E-state index is 0. The van der Waals surface area contributed by atoms with Crippen LogP contribution in [-0.4, -0.2) is 74.2 Å². The second-order valence-electron chi connectivity index (χ2n) is 6.78. The molecule has 148 valence electrons. The molecule has 0 spiro atoms. The average Bonchev–Trinajstić information content (AvgIpc) is 2.90. The summed E-state index contributed by atoms with van der Waals surface area (Å²) in [4.78, 5) is 19.8. The summed E-state index contributed by atoms with van der Waals surface area (Å²) < 4.78 is 6.17. The zero-order valence-corrected chi connectivity index (χ0v) is 18.5. The van der Waals surface area contributed by atoms with Gasteiger partial charge in [0.15, 0.2) is 0 Å². The number of piperazine rings is 1. The third-order valence-corrected chi connectivity index (χ3v) is 5.82. The number of rotatable bonds is 5. The van der Waals surface area contributed by atoms with Gasteiger partial charge in [0, 0.05) is 56.5 Å². The molecule has 2 saturated heterocycles. The highest BCUT2D eigenvalue weighted by Crippen LogP contribution is 2.34. The van der Waals surface area contributed by atoms with Crippen molar-refractivity contribution in [2.24, 2.45) is 0 Å². The zero-order valence-electron chi connectivity index (χ0n) is 15.3. The van der Waals surface area contributed by atoms with E-state index in [4.69, 9.17) is 4.74 Å². The summed E-state index contributed by atoms with van der Waals surface area (Å²) in [5, 5.41) is 0. The van der Waals surface area contributed by atoms with Crippen LogP contribution in [0.1, 0.15) is 13.3 Å². The van der Waals surface area contributed by atoms with E-state index >= 15 is 0 Å². The van der Waals surface area contributed by atoms with Crippen molar-refractivity contribution in [3.63, 3.8) is 0 Å². The van der Waals surface area contributed by atoms with E-state index in [0.29, 0.717) is 0 Å². The van der Waals surface area contributed by atoms with Gasteiger partial charge in [0.1, 0.15) is 0 Å². The number of carbonyl (C=O) groups is 1. The summed E-state index contributed by atoms with van der Waals surface area (Å²) in [6.07, 6.45) is 0.885. The van der Waals surface area contributed by atoms with Crippen molar-refractivity contribution < 1.29 is 9.53 Å². The van der Waals surface area contributed by atoms with Gasteiger partial charge in [0.2, 0.25) is 5.91 Å². The number of nitrogens with zero attached hydrogens (tertiary/aromatic N) is 3. The molecule has 1 amide bonds. The molecule has 2 fully saturated rings. The first-order valence-corrected chi connectivity index (χ1v) is 9.38. The SMILES string of the molecule is COCCN1CCN(C2(C)CCN(c3cccc(Br)c3)C2=O)CC1.Cl.Cl. The molecule has 0 aromatic heterocycles. The lowest BCUT2D eigenvalue weighted by Crippen LogP contribution is -2.59. The Hall–Kier alpha value is -0.370. The molecule has 8 heteroatoms. The Labute approximate surface area is 177 Å². The zero-order chi connectivity index (χ0) is 17.2. The van der Waals surface area contributed by atoms with E-state index in [1.54, 1.807) is 7.11 Å². The highest BCUT2D eigenvalue weighted by atomic mass is 79.9. The Bertz CT molecular complexity index is 600. The van der Waals surface area contributed by atoms with Gasteiger partial charge in [-0.15, -0.1) is 24.8 Å². The lowest BCUT2D eigenvalue weighted by atomic mass is 9.97. The number of halogens is 3. The first-order chi connectivity index (χ1) is 11.5. The first-order valence-electron chi connectivity index (χ1n) is 8.58. The van der Waals surface area contributed by atoms with Gasteiger partial charge in [-0.1, -0.05) is 22.0 Å². The van der Waals surface area contributed by atoms with Gasteiger partial charge in [-0.3, -0.25) is 14.6 Å². The third kappa shape index (κ3) is 4.91. The molecule has 2 heterocycles. The summed E-state index contributed by atoms with van der Waals surface area (Å²) in [5.74, 6) is 0.228. The van der Waals surface area contributed by atoms with Crippen molar-refractivity contribution in [1.29, 1.82) is 0 Å². The summed E-state index contributed by atoms with van der Waals surface area (Å²) >= 11 is 3.50. The smallest absolute Gasteiger partial charge is 0.247 e. The number of ether oxygens (including phenoxy) is 1. The van der Waals surface area contributed by atoms with Crippen LogP contribution in [-0.2, 0) is 9.53 Å². The number of benzene rings is 1. The minimum atomic E-state index is -0.379. The van der Waals surface area contributed by atoms with Crippen LogP contribution >= 0.6 is 40.7 Å². The predicted molar refractivity (Wildman–Crippen MR) is 114 cm³/mol. The normalized spacial score (nSPS) is 24.3. The fourth-order valence-corrected chi connectivity index (χ4v) is 4.09. The molecule has 0 bridgehead atoms. The molecule has 26 heavy (non-hydrogen) atoms. The maximum Gasteiger partial charge on any atom is 0.247 e. The van der Waals surface area contributed by atoms with Gasteiger partial charge < -0.3 is 9.64 Å². The fraction of sp³-hybridized carbons (Fsp3) is 0.611. The van der Waals surface area contributed by atoms with Gasteiger partial charge in [-0.05, 0) is 31.5 Å². The molecule has 0 radical (unpaired) electrons. The van der Waals surface area contributed by atoms with E-state index in [9.17, 15) is 4.79 Å². The average molecular weight is 469 g/mol. The Morgan fingerprint density at radius 1 is 1.15 bits per heavy atom. The van der Waals surface area contributed by atoms with Crippen LogP contribution in [0, 0.1) is 0 Å². The van der Waals surface area contributed by atoms with Crippen LogP contribution in [0.15, 0.2) is 28.7 Å². The number of methoxy groups -OCH3 is 1. The van der Waals surface area contributed by atoms with Gasteiger partial charge in [0.05, 0.1) is 12.1 Å². The molecule has 1 atom stereocenters. The Morgan fingerprint density at radius 2 is 1.85 bits per heavy atom. The second-order valence-corrected chi connectivity index (χ2v) is 7.70. The van der Waals surface area contributed by atoms with Gasteiger partial charge >= 0.3 is 0 Å². The Balaban J connectivity index is 0.00000169. The van der Waals surface area contributed by atoms with Crippen LogP contribution in [0.25, 0.3) is 0 Å². The lowest BCUT2D eigenvalue weighted by molar-refractivity contribution is -0.128. The molecule has 0 aliphatic carbocycles. The molecule has 2 aliphatic rings. The molecular weight excluding hydrogens is 441 g/mol. The summed E-state index contributed by atoms with van der Waals surface area (Å²) in [6.45, 7) is 8.53. The van der Waals surface area contributed by atoms with Crippen LogP contribution in [0.4, 0.5) is 5.69 Å². The van der Waals surface area contributed by atoms with Crippen molar-refractivity contribution in [1.82, 2.24) is 9.80 Å². The molecule has 0 saturated carbocycles. The maximum atomic E-state index is 13.1. The van der Waals surface area contributed by atoms with Crippen molar-refractivity contribution in [3.05, 3.63) is 28.7 Å². The van der Waals surface area contributed by atoms with E-state index in [-0.39, 0.29) is 36.3 Å². The lowest BCUT2D eigenvalue weighted by Gasteiger charge is -2.42. The highest BCUT2D eigenvalue weighted by molar-refractivity contribution is 9.10. The fourth-order valence-electron chi connectivity index (χ4n) is 3.70. The predicted octanol–water partition coefficient (Wildman–Crippen LogP) is 3.05. The second kappa shape index (κ2) is 10.2. The molecule has 1 aromatic carbocycles. The van der Waals surface area contributed by atoms with Crippen molar-refractivity contribution >= 4 is 52.3 Å². The van der Waals surface area contributed by atoms with E-state index < -0.39 is 0 Å². The number of anilines is 1. The maximum absolute atomic E-state index is 13.1.